The quantitative estimate of drug-likeness (QED) is 0.335. The highest BCUT2D eigenvalue weighted by Gasteiger charge is 2.29. The van der Waals surface area contributed by atoms with Crippen LogP contribution in [-0.2, 0) is 27.8 Å². The van der Waals surface area contributed by atoms with Gasteiger partial charge in [-0.2, -0.15) is 13.1 Å². The second kappa shape index (κ2) is 10.2. The maximum atomic E-state index is 13.9. The normalized spacial score (nSPS) is 16.1. The van der Waals surface area contributed by atoms with Gasteiger partial charge in [0.05, 0.1) is 32.1 Å². The molecule has 0 unspecified atom stereocenters. The first-order valence-corrected chi connectivity index (χ1v) is 13.2. The molecule has 1 aliphatic rings. The van der Waals surface area contributed by atoms with Crippen LogP contribution in [0.2, 0.25) is 0 Å². The van der Waals surface area contributed by atoms with E-state index in [-0.39, 0.29) is 24.1 Å². The fourth-order valence-corrected chi connectivity index (χ4v) is 6.12. The third kappa shape index (κ3) is 5.13. The molecule has 1 fully saturated rings. The van der Waals surface area contributed by atoms with Crippen LogP contribution in [0.3, 0.4) is 0 Å². The van der Waals surface area contributed by atoms with Gasteiger partial charge in [-0.3, -0.25) is 4.98 Å². The largest absolute Gasteiger partial charge is 0.493 e. The zero-order chi connectivity index (χ0) is 24.3. The third-order valence-electron chi connectivity index (χ3n) is 5.72. The van der Waals surface area contributed by atoms with Crippen molar-refractivity contribution in [1.82, 2.24) is 18.0 Å². The van der Waals surface area contributed by atoms with Crippen LogP contribution in [-0.4, -0.2) is 52.9 Å². The highest BCUT2D eigenvalue weighted by molar-refractivity contribution is 7.89. The molecule has 0 saturated carbocycles. The highest BCUT2D eigenvalue weighted by atomic mass is 32.2. The van der Waals surface area contributed by atoms with Crippen molar-refractivity contribution < 1.29 is 22.6 Å². The van der Waals surface area contributed by atoms with Gasteiger partial charge in [-0.25, -0.2) is 8.42 Å². The van der Waals surface area contributed by atoms with Gasteiger partial charge in [0.15, 0.2) is 11.5 Å². The molecule has 2 aromatic carbocycles. The molecule has 0 spiro atoms. The van der Waals surface area contributed by atoms with Crippen LogP contribution in [0.15, 0.2) is 65.8 Å². The van der Waals surface area contributed by atoms with E-state index >= 15 is 0 Å². The Hall–Kier alpha value is -3.12. The molecule has 1 atom stereocenters. The standard InChI is InChI=1S/C24H24N4O5S2/c1-31-22-12-17(7-8-21(22)33-19-9-11-32-16-19)14-28(15-18-4-3-10-25-13-18)35(29,30)23-6-2-5-20-24(23)27-34-26-20/h2-8,10,12-13,19H,9,11,14-16H2,1H3/t19-/m1/s1. The molecule has 1 saturated heterocycles. The summed E-state index contributed by atoms with van der Waals surface area (Å²) in [5.74, 6) is 1.14. The second-order valence-electron chi connectivity index (χ2n) is 8.11. The molecule has 0 amide bonds. The summed E-state index contributed by atoms with van der Waals surface area (Å²) < 4.78 is 54.6. The number of ether oxygens (including phenoxy) is 3. The Morgan fingerprint density at radius 3 is 2.74 bits per heavy atom. The van der Waals surface area contributed by atoms with Gasteiger partial charge in [-0.15, -0.1) is 0 Å². The van der Waals surface area contributed by atoms with Crippen LogP contribution in [0.25, 0.3) is 11.0 Å². The van der Waals surface area contributed by atoms with Crippen molar-refractivity contribution in [2.24, 2.45) is 0 Å². The van der Waals surface area contributed by atoms with Gasteiger partial charge in [0.25, 0.3) is 0 Å². The van der Waals surface area contributed by atoms with Crippen molar-refractivity contribution in [2.75, 3.05) is 20.3 Å². The molecule has 11 heteroatoms. The van der Waals surface area contributed by atoms with Crippen molar-refractivity contribution in [3.8, 4) is 11.5 Å². The highest BCUT2D eigenvalue weighted by Crippen LogP contribution is 2.32. The van der Waals surface area contributed by atoms with Crippen molar-refractivity contribution in [2.45, 2.75) is 30.5 Å². The molecule has 0 bridgehead atoms. The summed E-state index contributed by atoms with van der Waals surface area (Å²) in [7, 11) is -2.35. The Bertz CT molecular complexity index is 1410. The molecule has 2 aromatic heterocycles. The Labute approximate surface area is 207 Å². The minimum Gasteiger partial charge on any atom is -0.493 e. The number of sulfonamides is 1. The summed E-state index contributed by atoms with van der Waals surface area (Å²) in [4.78, 5) is 4.27. The van der Waals surface area contributed by atoms with Gasteiger partial charge in [0.1, 0.15) is 22.0 Å². The zero-order valence-corrected chi connectivity index (χ0v) is 20.7. The predicted molar refractivity (Wildman–Crippen MR) is 131 cm³/mol. The summed E-state index contributed by atoms with van der Waals surface area (Å²) >= 11 is 0.990. The SMILES string of the molecule is COc1cc(CN(Cc2cccnc2)S(=O)(=O)c2cccc3nsnc23)ccc1O[C@@H]1CCOC1. The van der Waals surface area contributed by atoms with Gasteiger partial charge in [0.2, 0.25) is 10.0 Å². The van der Waals surface area contributed by atoms with E-state index in [0.717, 1.165) is 29.3 Å². The van der Waals surface area contributed by atoms with E-state index in [1.54, 1.807) is 43.8 Å². The molecule has 9 nitrogen and oxygen atoms in total. The van der Waals surface area contributed by atoms with Gasteiger partial charge < -0.3 is 14.2 Å². The predicted octanol–water partition coefficient (Wildman–Crippen LogP) is 3.65. The number of hydrogen-bond donors (Lipinski definition) is 0. The maximum absolute atomic E-state index is 13.9. The van der Waals surface area contributed by atoms with Crippen molar-refractivity contribution in [3.05, 3.63) is 72.1 Å². The Balaban J connectivity index is 1.48. The van der Waals surface area contributed by atoms with E-state index in [4.69, 9.17) is 14.2 Å². The van der Waals surface area contributed by atoms with Crippen LogP contribution < -0.4 is 9.47 Å². The van der Waals surface area contributed by atoms with E-state index in [1.165, 1.54) is 4.31 Å². The lowest BCUT2D eigenvalue weighted by molar-refractivity contribution is 0.138. The molecule has 3 heterocycles. The van der Waals surface area contributed by atoms with Gasteiger partial charge >= 0.3 is 0 Å². The van der Waals surface area contributed by atoms with E-state index < -0.39 is 10.0 Å². The van der Waals surface area contributed by atoms with E-state index in [9.17, 15) is 8.42 Å². The van der Waals surface area contributed by atoms with Gasteiger partial charge in [0, 0.05) is 31.9 Å². The first-order valence-electron chi connectivity index (χ1n) is 11.1. The topological polar surface area (TPSA) is 104 Å². The number of hydrogen-bond acceptors (Lipinski definition) is 9. The monoisotopic (exact) mass is 512 g/mol. The summed E-state index contributed by atoms with van der Waals surface area (Å²) in [5.41, 5.74) is 2.45. The van der Waals surface area contributed by atoms with Crippen LogP contribution in [0.1, 0.15) is 17.5 Å². The molecule has 35 heavy (non-hydrogen) atoms. The lowest BCUT2D eigenvalue weighted by atomic mass is 10.2. The molecular formula is C24H24N4O5S2. The third-order valence-corrected chi connectivity index (χ3v) is 8.08. The van der Waals surface area contributed by atoms with Crippen LogP contribution >= 0.6 is 11.7 Å². The average Bonchev–Trinajstić information content (AvgIpc) is 3.57. The summed E-state index contributed by atoms with van der Waals surface area (Å²) in [5, 5.41) is 0. The minimum atomic E-state index is -3.92. The summed E-state index contributed by atoms with van der Waals surface area (Å²) in [6, 6.07) is 14.1. The lowest BCUT2D eigenvalue weighted by Gasteiger charge is -2.23. The molecule has 4 aromatic rings. The molecule has 0 aliphatic carbocycles. The van der Waals surface area contributed by atoms with Crippen LogP contribution in [0.5, 0.6) is 11.5 Å². The first-order chi connectivity index (χ1) is 17.0. The number of methoxy groups -OCH3 is 1. The lowest BCUT2D eigenvalue weighted by Crippen LogP contribution is -2.30. The van der Waals surface area contributed by atoms with E-state index in [2.05, 4.69) is 13.7 Å². The first kappa shape index (κ1) is 23.6. The summed E-state index contributed by atoms with van der Waals surface area (Å²) in [6.45, 7) is 1.48. The van der Waals surface area contributed by atoms with Crippen LogP contribution in [0, 0.1) is 0 Å². The average molecular weight is 513 g/mol. The zero-order valence-electron chi connectivity index (χ0n) is 19.0. The molecule has 1 aliphatic heterocycles. The Morgan fingerprint density at radius 1 is 1.09 bits per heavy atom. The Kier molecular flexibility index (Phi) is 6.91. The van der Waals surface area contributed by atoms with Crippen molar-refractivity contribution >= 4 is 32.8 Å². The summed E-state index contributed by atoms with van der Waals surface area (Å²) in [6.07, 6.45) is 4.11. The number of benzene rings is 2. The van der Waals surface area contributed by atoms with Crippen molar-refractivity contribution in [1.29, 1.82) is 0 Å². The number of nitrogens with zero attached hydrogens (tertiary/aromatic N) is 4. The second-order valence-corrected chi connectivity index (χ2v) is 10.5. The molecule has 0 radical (unpaired) electrons. The van der Waals surface area contributed by atoms with Crippen molar-refractivity contribution in [3.63, 3.8) is 0 Å². The maximum Gasteiger partial charge on any atom is 0.245 e. The fraction of sp³-hybridized carbons (Fsp3) is 0.292. The van der Waals surface area contributed by atoms with Gasteiger partial charge in [-0.05, 0) is 41.5 Å². The minimum absolute atomic E-state index is 0.0237. The van der Waals surface area contributed by atoms with E-state index in [1.807, 2.05) is 24.3 Å². The number of rotatable bonds is 9. The number of aromatic nitrogens is 3. The number of pyridine rings is 1. The van der Waals surface area contributed by atoms with Crippen LogP contribution in [0.4, 0.5) is 0 Å². The molecule has 0 N–H and O–H groups in total. The fourth-order valence-electron chi connectivity index (χ4n) is 3.95. The molecule has 5 rings (SSSR count). The molecular weight excluding hydrogens is 488 g/mol. The smallest absolute Gasteiger partial charge is 0.245 e. The molecule has 182 valence electrons. The van der Waals surface area contributed by atoms with Gasteiger partial charge in [-0.1, -0.05) is 18.2 Å². The number of fused-ring (bicyclic) bond motifs is 1. The Morgan fingerprint density at radius 2 is 1.97 bits per heavy atom. The van der Waals surface area contributed by atoms with E-state index in [0.29, 0.717) is 35.7 Å².